The second-order valence-electron chi connectivity index (χ2n) is 3.58. The summed E-state index contributed by atoms with van der Waals surface area (Å²) in [5.41, 5.74) is 0.511. The Hall–Kier alpha value is -1.78. The van der Waals surface area contributed by atoms with Crippen LogP contribution in [0, 0.1) is 0 Å². The van der Waals surface area contributed by atoms with Crippen LogP contribution in [0.5, 0.6) is 0 Å². The Kier molecular flexibility index (Phi) is 3.46. The van der Waals surface area contributed by atoms with Crippen LogP contribution in [-0.2, 0) is 9.47 Å². The lowest BCUT2D eigenvalue weighted by Crippen LogP contribution is -2.25. The van der Waals surface area contributed by atoms with Gasteiger partial charge in [-0.05, 0) is 5.39 Å². The third-order valence-electron chi connectivity index (χ3n) is 2.58. The lowest BCUT2D eigenvalue weighted by atomic mass is 10.0. The molecule has 0 radical (unpaired) electrons. The molecular formula is C13H13NO3. The van der Waals surface area contributed by atoms with Gasteiger partial charge in [0.2, 0.25) is 12.1 Å². The molecule has 1 aromatic heterocycles. The molecule has 17 heavy (non-hydrogen) atoms. The fourth-order valence-electron chi connectivity index (χ4n) is 1.75. The summed E-state index contributed by atoms with van der Waals surface area (Å²) in [6.07, 6.45) is 2.37. The van der Waals surface area contributed by atoms with Gasteiger partial charge in [-0.2, -0.15) is 0 Å². The summed E-state index contributed by atoms with van der Waals surface area (Å²) in [7, 11) is 2.87. The summed E-state index contributed by atoms with van der Waals surface area (Å²) in [6.45, 7) is 0. The van der Waals surface area contributed by atoms with Gasteiger partial charge in [0.15, 0.2) is 0 Å². The highest BCUT2D eigenvalue weighted by Crippen LogP contribution is 2.19. The highest BCUT2D eigenvalue weighted by Gasteiger charge is 2.20. The highest BCUT2D eigenvalue weighted by molar-refractivity contribution is 6.09. The Balaban J connectivity index is 2.52. The maximum atomic E-state index is 12.1. The molecule has 0 unspecified atom stereocenters. The predicted octanol–water partition coefficient (Wildman–Crippen LogP) is 2.04. The molecule has 0 aliphatic carbocycles. The molecule has 0 saturated carbocycles. The molecule has 0 amide bonds. The number of pyridine rings is 1. The van der Waals surface area contributed by atoms with E-state index in [1.54, 1.807) is 6.20 Å². The zero-order valence-electron chi connectivity index (χ0n) is 9.71. The van der Waals surface area contributed by atoms with Crippen LogP contribution < -0.4 is 0 Å². The minimum Gasteiger partial charge on any atom is -0.349 e. The Morgan fingerprint density at radius 1 is 1.18 bits per heavy atom. The molecule has 0 atom stereocenters. The standard InChI is InChI=1S/C13H13NO3/c1-16-13(17-2)12(15)11-8-14-7-9-5-3-4-6-10(9)11/h3-8,13H,1-2H3. The fraction of sp³-hybridized carbons (Fsp3) is 0.231. The third kappa shape index (κ3) is 2.18. The van der Waals surface area contributed by atoms with Crippen LogP contribution >= 0.6 is 0 Å². The maximum Gasteiger partial charge on any atom is 0.222 e. The summed E-state index contributed by atoms with van der Waals surface area (Å²) in [6, 6.07) is 7.58. The van der Waals surface area contributed by atoms with Crippen molar-refractivity contribution < 1.29 is 14.3 Å². The van der Waals surface area contributed by atoms with Gasteiger partial charge >= 0.3 is 0 Å². The highest BCUT2D eigenvalue weighted by atomic mass is 16.7. The van der Waals surface area contributed by atoms with Crippen molar-refractivity contribution >= 4 is 16.6 Å². The molecule has 1 heterocycles. The lowest BCUT2D eigenvalue weighted by molar-refractivity contribution is -0.0741. The van der Waals surface area contributed by atoms with Gasteiger partial charge in [-0.15, -0.1) is 0 Å². The molecule has 0 fully saturated rings. The second kappa shape index (κ2) is 5.03. The molecule has 0 saturated heterocycles. The first-order valence-electron chi connectivity index (χ1n) is 5.20. The van der Waals surface area contributed by atoms with Crippen molar-refractivity contribution in [3.63, 3.8) is 0 Å². The number of ketones is 1. The molecule has 2 rings (SSSR count). The van der Waals surface area contributed by atoms with Crippen molar-refractivity contribution in [2.75, 3.05) is 14.2 Å². The molecule has 0 aliphatic heterocycles. The monoisotopic (exact) mass is 231 g/mol. The molecule has 0 aliphatic rings. The van der Waals surface area contributed by atoms with Crippen LogP contribution in [0.4, 0.5) is 0 Å². The van der Waals surface area contributed by atoms with E-state index in [9.17, 15) is 4.79 Å². The van der Waals surface area contributed by atoms with Crippen molar-refractivity contribution in [1.82, 2.24) is 4.98 Å². The fourth-order valence-corrected chi connectivity index (χ4v) is 1.75. The Bertz CT molecular complexity index is 530. The first-order chi connectivity index (χ1) is 8.27. The van der Waals surface area contributed by atoms with E-state index in [-0.39, 0.29) is 5.78 Å². The summed E-state index contributed by atoms with van der Waals surface area (Å²) in [4.78, 5) is 16.2. The number of Topliss-reactive ketones (excluding diaryl/α,β-unsaturated/α-hetero) is 1. The average molecular weight is 231 g/mol. The maximum absolute atomic E-state index is 12.1. The van der Waals surface area contributed by atoms with Crippen LogP contribution in [0.15, 0.2) is 36.7 Å². The van der Waals surface area contributed by atoms with Crippen LogP contribution in [-0.4, -0.2) is 31.3 Å². The average Bonchev–Trinajstić information content (AvgIpc) is 2.39. The molecule has 4 nitrogen and oxygen atoms in total. The topological polar surface area (TPSA) is 48.4 Å². The van der Waals surface area contributed by atoms with Gasteiger partial charge in [0, 0.05) is 37.6 Å². The van der Waals surface area contributed by atoms with E-state index in [0.717, 1.165) is 10.8 Å². The normalized spacial score (nSPS) is 11.0. The largest absolute Gasteiger partial charge is 0.349 e. The van der Waals surface area contributed by atoms with E-state index in [4.69, 9.17) is 9.47 Å². The van der Waals surface area contributed by atoms with Gasteiger partial charge in [-0.1, -0.05) is 24.3 Å². The molecule has 88 valence electrons. The summed E-state index contributed by atoms with van der Waals surface area (Å²) in [5, 5.41) is 1.77. The van der Waals surface area contributed by atoms with E-state index in [2.05, 4.69) is 4.98 Å². The van der Waals surface area contributed by atoms with Crippen molar-refractivity contribution in [2.24, 2.45) is 0 Å². The van der Waals surface area contributed by atoms with Crippen molar-refractivity contribution in [3.05, 3.63) is 42.2 Å². The third-order valence-corrected chi connectivity index (χ3v) is 2.58. The molecule has 2 aromatic rings. The number of carbonyl (C=O) groups is 1. The number of rotatable bonds is 4. The Morgan fingerprint density at radius 2 is 1.88 bits per heavy atom. The van der Waals surface area contributed by atoms with E-state index < -0.39 is 6.29 Å². The van der Waals surface area contributed by atoms with Crippen LogP contribution in [0.3, 0.4) is 0 Å². The molecule has 0 N–H and O–H groups in total. The predicted molar refractivity (Wildman–Crippen MR) is 63.9 cm³/mol. The van der Waals surface area contributed by atoms with Gasteiger partial charge in [0.05, 0.1) is 0 Å². The number of nitrogens with zero attached hydrogens (tertiary/aromatic N) is 1. The Labute approximate surface area is 99.2 Å². The number of benzene rings is 1. The van der Waals surface area contributed by atoms with Crippen molar-refractivity contribution in [1.29, 1.82) is 0 Å². The number of hydrogen-bond donors (Lipinski definition) is 0. The van der Waals surface area contributed by atoms with Gasteiger partial charge in [-0.25, -0.2) is 0 Å². The molecular weight excluding hydrogens is 218 g/mol. The smallest absolute Gasteiger partial charge is 0.222 e. The van der Waals surface area contributed by atoms with Crippen molar-refractivity contribution in [2.45, 2.75) is 6.29 Å². The van der Waals surface area contributed by atoms with E-state index >= 15 is 0 Å². The molecule has 1 aromatic carbocycles. The minimum absolute atomic E-state index is 0.223. The van der Waals surface area contributed by atoms with Gasteiger partial charge < -0.3 is 9.47 Å². The second-order valence-corrected chi connectivity index (χ2v) is 3.58. The summed E-state index contributed by atoms with van der Waals surface area (Å²) >= 11 is 0. The molecule has 4 heteroatoms. The number of aromatic nitrogens is 1. The summed E-state index contributed by atoms with van der Waals surface area (Å²) < 4.78 is 9.93. The van der Waals surface area contributed by atoms with Crippen molar-refractivity contribution in [3.8, 4) is 0 Å². The van der Waals surface area contributed by atoms with Gasteiger partial charge in [0.1, 0.15) is 0 Å². The lowest BCUT2D eigenvalue weighted by Gasteiger charge is -2.12. The molecule has 0 spiro atoms. The molecule has 0 bridgehead atoms. The first-order valence-corrected chi connectivity index (χ1v) is 5.20. The zero-order chi connectivity index (χ0) is 12.3. The zero-order valence-corrected chi connectivity index (χ0v) is 9.71. The number of hydrogen-bond acceptors (Lipinski definition) is 4. The number of carbonyl (C=O) groups excluding carboxylic acids is 1. The number of methoxy groups -OCH3 is 2. The van der Waals surface area contributed by atoms with Gasteiger partial charge in [0.25, 0.3) is 0 Å². The SMILES string of the molecule is COC(OC)C(=O)c1cncc2ccccc12. The Morgan fingerprint density at radius 3 is 2.59 bits per heavy atom. The minimum atomic E-state index is -0.886. The van der Waals surface area contributed by atoms with Crippen LogP contribution in [0.1, 0.15) is 10.4 Å². The summed E-state index contributed by atoms with van der Waals surface area (Å²) in [5.74, 6) is -0.223. The number of ether oxygens (including phenoxy) is 2. The van der Waals surface area contributed by atoms with Gasteiger partial charge in [-0.3, -0.25) is 9.78 Å². The van der Waals surface area contributed by atoms with Crippen LogP contribution in [0.25, 0.3) is 10.8 Å². The number of fused-ring (bicyclic) bond motifs is 1. The van der Waals surface area contributed by atoms with E-state index in [1.807, 2.05) is 24.3 Å². The first kappa shape index (κ1) is 11.7. The quantitative estimate of drug-likeness (QED) is 0.596. The van der Waals surface area contributed by atoms with E-state index in [0.29, 0.717) is 5.56 Å². The van der Waals surface area contributed by atoms with Crippen LogP contribution in [0.2, 0.25) is 0 Å². The van der Waals surface area contributed by atoms with E-state index in [1.165, 1.54) is 20.4 Å².